The van der Waals surface area contributed by atoms with Crippen LogP contribution in [0.5, 0.6) is 11.5 Å². The number of aliphatic hydroxyl groups is 1. The van der Waals surface area contributed by atoms with Gasteiger partial charge in [-0.05, 0) is 49.1 Å². The zero-order chi connectivity index (χ0) is 27.3. The van der Waals surface area contributed by atoms with Gasteiger partial charge in [-0.2, -0.15) is 0 Å². The number of piperazine rings is 1. The fourth-order valence-electron chi connectivity index (χ4n) is 5.59. The molecule has 3 atom stereocenters. The second-order valence-electron chi connectivity index (χ2n) is 10.5. The summed E-state index contributed by atoms with van der Waals surface area (Å²) in [6.07, 6.45) is 0.875. The summed E-state index contributed by atoms with van der Waals surface area (Å²) in [4.78, 5) is 18.7. The maximum Gasteiger partial charge on any atom is 0.262 e. The van der Waals surface area contributed by atoms with Crippen LogP contribution >= 0.6 is 11.6 Å². The van der Waals surface area contributed by atoms with Crippen LogP contribution in [0.2, 0.25) is 5.02 Å². The summed E-state index contributed by atoms with van der Waals surface area (Å²) in [5, 5.41) is 17.6. The number of benzene rings is 2. The number of nitrogens with zero attached hydrogens (tertiary/aromatic N) is 2. The van der Waals surface area contributed by atoms with Gasteiger partial charge in [0.15, 0.2) is 5.66 Å². The number of halogens is 1. The fraction of sp³-hybridized carbons (Fsp3) is 0.552. The van der Waals surface area contributed by atoms with Crippen LogP contribution in [0.4, 0.5) is 0 Å². The molecule has 2 aliphatic heterocycles. The van der Waals surface area contributed by atoms with Crippen molar-refractivity contribution in [1.29, 1.82) is 0 Å². The number of nitrogens with one attached hydrogen (secondary N) is 2. The van der Waals surface area contributed by atoms with E-state index in [1.807, 2.05) is 54.3 Å². The van der Waals surface area contributed by atoms with Crippen molar-refractivity contribution in [1.82, 2.24) is 20.4 Å². The van der Waals surface area contributed by atoms with Crippen LogP contribution < -0.4 is 20.1 Å². The van der Waals surface area contributed by atoms with Crippen LogP contribution in [-0.4, -0.2) is 79.9 Å². The standard InChI is InChI=1S/C29H41ClN4O4/c1-5-38-26-19-23(37-4)10-11-24(26)29(28(36)34-14-12-33(13-15-34)16-17-35)31-25(18-20(2)3)27(32-29)21-6-8-22(30)9-7-21/h6-11,19-20,25,27,31-32,35H,5,12-18H2,1-4H3. The second kappa shape index (κ2) is 12.7. The van der Waals surface area contributed by atoms with Gasteiger partial charge in [-0.1, -0.05) is 37.6 Å². The van der Waals surface area contributed by atoms with E-state index >= 15 is 0 Å². The predicted octanol–water partition coefficient (Wildman–Crippen LogP) is 3.39. The second-order valence-corrected chi connectivity index (χ2v) is 10.9. The minimum absolute atomic E-state index is 0.00705. The highest BCUT2D eigenvalue weighted by Gasteiger charge is 2.54. The summed E-state index contributed by atoms with van der Waals surface area (Å²) < 4.78 is 11.6. The first kappa shape index (κ1) is 28.6. The van der Waals surface area contributed by atoms with Crippen molar-refractivity contribution >= 4 is 17.5 Å². The lowest BCUT2D eigenvalue weighted by Crippen LogP contribution is -2.62. The van der Waals surface area contributed by atoms with Crippen LogP contribution in [0.3, 0.4) is 0 Å². The smallest absolute Gasteiger partial charge is 0.262 e. The molecule has 2 aliphatic rings. The van der Waals surface area contributed by atoms with E-state index in [1.165, 1.54) is 0 Å². The summed E-state index contributed by atoms with van der Waals surface area (Å²) in [7, 11) is 1.62. The van der Waals surface area contributed by atoms with Gasteiger partial charge in [0.05, 0.1) is 20.3 Å². The van der Waals surface area contributed by atoms with E-state index in [0.29, 0.717) is 48.7 Å². The van der Waals surface area contributed by atoms with Crippen molar-refractivity contribution in [3.63, 3.8) is 0 Å². The molecule has 3 N–H and O–H groups in total. The Morgan fingerprint density at radius 3 is 2.45 bits per heavy atom. The average Bonchev–Trinajstić information content (AvgIpc) is 3.28. The molecule has 0 aliphatic carbocycles. The number of hydrogen-bond donors (Lipinski definition) is 3. The molecular formula is C29H41ClN4O4. The van der Waals surface area contributed by atoms with Gasteiger partial charge in [0.2, 0.25) is 0 Å². The first-order valence-electron chi connectivity index (χ1n) is 13.6. The number of ether oxygens (including phenoxy) is 2. The molecule has 4 rings (SSSR count). The zero-order valence-electron chi connectivity index (χ0n) is 22.9. The highest BCUT2D eigenvalue weighted by Crippen LogP contribution is 2.41. The third kappa shape index (κ3) is 6.10. The largest absolute Gasteiger partial charge is 0.497 e. The van der Waals surface area contributed by atoms with Crippen LogP contribution in [0.1, 0.15) is 44.4 Å². The predicted molar refractivity (Wildman–Crippen MR) is 150 cm³/mol. The molecule has 2 saturated heterocycles. The molecule has 208 valence electrons. The van der Waals surface area contributed by atoms with Gasteiger partial charge in [-0.25, -0.2) is 0 Å². The van der Waals surface area contributed by atoms with Crippen molar-refractivity contribution in [3.8, 4) is 11.5 Å². The Morgan fingerprint density at radius 2 is 1.84 bits per heavy atom. The number of aliphatic hydroxyl groups excluding tert-OH is 1. The summed E-state index contributed by atoms with van der Waals surface area (Å²) in [6, 6.07) is 13.4. The molecular weight excluding hydrogens is 504 g/mol. The molecule has 0 spiro atoms. The topological polar surface area (TPSA) is 86.3 Å². The molecule has 38 heavy (non-hydrogen) atoms. The highest BCUT2D eigenvalue weighted by atomic mass is 35.5. The van der Waals surface area contributed by atoms with Gasteiger partial charge in [-0.15, -0.1) is 0 Å². The van der Waals surface area contributed by atoms with E-state index in [4.69, 9.17) is 21.1 Å². The maximum absolute atomic E-state index is 14.6. The number of carbonyl (C=O) groups is 1. The lowest BCUT2D eigenvalue weighted by molar-refractivity contribution is -0.141. The van der Waals surface area contributed by atoms with Crippen molar-refractivity contribution in [3.05, 3.63) is 58.6 Å². The Bertz CT molecular complexity index is 1070. The van der Waals surface area contributed by atoms with E-state index < -0.39 is 5.66 Å². The molecule has 2 aromatic carbocycles. The Morgan fingerprint density at radius 1 is 1.13 bits per heavy atom. The number of rotatable bonds is 10. The first-order chi connectivity index (χ1) is 18.3. The number of amides is 1. The Kier molecular flexibility index (Phi) is 9.54. The number of carbonyl (C=O) groups excluding carboxylic acids is 1. The minimum Gasteiger partial charge on any atom is -0.497 e. The molecule has 2 heterocycles. The summed E-state index contributed by atoms with van der Waals surface area (Å²) >= 11 is 6.22. The molecule has 0 saturated carbocycles. The van der Waals surface area contributed by atoms with Crippen molar-refractivity contribution in [2.75, 3.05) is 53.0 Å². The molecule has 0 bridgehead atoms. The third-order valence-electron chi connectivity index (χ3n) is 7.42. The van der Waals surface area contributed by atoms with E-state index in [2.05, 4.69) is 29.4 Å². The average molecular weight is 545 g/mol. The summed E-state index contributed by atoms with van der Waals surface area (Å²) in [6.45, 7) is 10.1. The summed E-state index contributed by atoms with van der Waals surface area (Å²) in [5.74, 6) is 1.67. The van der Waals surface area contributed by atoms with Gasteiger partial charge in [0.25, 0.3) is 5.91 Å². The molecule has 0 radical (unpaired) electrons. The lowest BCUT2D eigenvalue weighted by atomic mass is 9.94. The molecule has 8 nitrogen and oxygen atoms in total. The van der Waals surface area contributed by atoms with E-state index in [9.17, 15) is 9.90 Å². The molecule has 2 fully saturated rings. The molecule has 0 aromatic heterocycles. The number of hydrogen-bond acceptors (Lipinski definition) is 7. The van der Waals surface area contributed by atoms with E-state index in [-0.39, 0.29) is 24.6 Å². The van der Waals surface area contributed by atoms with Gasteiger partial charge < -0.3 is 19.5 Å². The van der Waals surface area contributed by atoms with Gasteiger partial charge in [0, 0.05) is 61.5 Å². The van der Waals surface area contributed by atoms with Crippen molar-refractivity contribution in [2.24, 2.45) is 5.92 Å². The molecule has 3 unspecified atom stereocenters. The van der Waals surface area contributed by atoms with Gasteiger partial charge >= 0.3 is 0 Å². The SMILES string of the molecule is CCOc1cc(OC)ccc1C1(C(=O)N2CCN(CCO)CC2)NC(CC(C)C)C(c2ccc(Cl)cc2)N1. The number of β-amino-alcohol motifs (C(OH)–C–C–N with tert-alkyl or cyclic N) is 1. The van der Waals surface area contributed by atoms with Gasteiger partial charge in [0.1, 0.15) is 11.5 Å². The highest BCUT2D eigenvalue weighted by molar-refractivity contribution is 6.30. The Hall–Kier alpha value is -2.36. The first-order valence-corrected chi connectivity index (χ1v) is 13.9. The zero-order valence-corrected chi connectivity index (χ0v) is 23.6. The molecule has 1 amide bonds. The maximum atomic E-state index is 14.6. The van der Waals surface area contributed by atoms with Crippen LogP contribution in [0.25, 0.3) is 0 Å². The fourth-order valence-corrected chi connectivity index (χ4v) is 5.71. The monoisotopic (exact) mass is 544 g/mol. The summed E-state index contributed by atoms with van der Waals surface area (Å²) in [5.41, 5.74) is 0.620. The van der Waals surface area contributed by atoms with Gasteiger partial charge in [-0.3, -0.25) is 20.3 Å². The molecule has 2 aromatic rings. The minimum atomic E-state index is -1.19. The molecule has 9 heteroatoms. The Labute approximate surface area is 231 Å². The lowest BCUT2D eigenvalue weighted by Gasteiger charge is -2.40. The Balaban J connectivity index is 1.79. The number of methoxy groups -OCH3 is 1. The normalized spacial score (nSPS) is 24.1. The van der Waals surface area contributed by atoms with Crippen molar-refractivity contribution in [2.45, 2.75) is 44.9 Å². The van der Waals surface area contributed by atoms with Crippen LogP contribution in [-0.2, 0) is 10.5 Å². The van der Waals surface area contributed by atoms with E-state index in [1.54, 1.807) is 7.11 Å². The quantitative estimate of drug-likeness (QED) is 0.423. The van der Waals surface area contributed by atoms with Crippen LogP contribution in [0.15, 0.2) is 42.5 Å². The third-order valence-corrected chi connectivity index (χ3v) is 7.67. The van der Waals surface area contributed by atoms with E-state index in [0.717, 1.165) is 30.6 Å². The van der Waals surface area contributed by atoms with Crippen LogP contribution in [0, 0.1) is 5.92 Å². The van der Waals surface area contributed by atoms with Crippen molar-refractivity contribution < 1.29 is 19.4 Å².